The maximum absolute atomic E-state index is 12.9. The third-order valence-electron chi connectivity index (χ3n) is 13.8. The average molecular weight is 1230 g/mol. The van der Waals surface area contributed by atoms with E-state index in [1.54, 1.807) is 0 Å². The van der Waals surface area contributed by atoms with Crippen molar-refractivity contribution in [2.75, 3.05) is 47.5 Å². The third-order valence-corrected chi connectivity index (χ3v) is 13.8. The lowest BCUT2D eigenvalue weighted by Crippen LogP contribution is -2.44. The van der Waals surface area contributed by atoms with Crippen LogP contribution >= 0.6 is 0 Å². The van der Waals surface area contributed by atoms with Gasteiger partial charge in [-0.05, 0) is 141 Å². The Labute approximate surface area is 544 Å². The van der Waals surface area contributed by atoms with E-state index in [0.29, 0.717) is 17.4 Å². The van der Waals surface area contributed by atoms with Crippen molar-refractivity contribution in [2.24, 2.45) is 0 Å². The van der Waals surface area contributed by atoms with Crippen LogP contribution in [-0.2, 0) is 33.3 Å². The number of carboxylic acid groups (broad SMARTS) is 1. The van der Waals surface area contributed by atoms with Crippen LogP contribution in [0.15, 0.2) is 194 Å². The number of hydrogen-bond acceptors (Lipinski definition) is 8. The molecule has 2 unspecified atom stereocenters. The Morgan fingerprint density at radius 3 is 0.921 bits per heavy atom. The van der Waals surface area contributed by atoms with Gasteiger partial charge < -0.3 is 33.3 Å². The van der Waals surface area contributed by atoms with E-state index in [9.17, 15) is 19.5 Å². The van der Waals surface area contributed by atoms with Gasteiger partial charge in [-0.15, -0.1) is 0 Å². The zero-order valence-corrected chi connectivity index (χ0v) is 56.7. The predicted octanol–water partition coefficient (Wildman–Crippen LogP) is 20.5. The minimum Gasteiger partial charge on any atom is -0.545 e. The Morgan fingerprint density at radius 1 is 0.337 bits per heavy atom. The van der Waals surface area contributed by atoms with Crippen LogP contribution in [0.3, 0.4) is 0 Å². The van der Waals surface area contributed by atoms with E-state index in [1.807, 2.05) is 21.1 Å². The van der Waals surface area contributed by atoms with Gasteiger partial charge in [0.1, 0.15) is 13.2 Å². The number of hydrogen-bond donors (Lipinski definition) is 0. The first-order chi connectivity index (χ1) is 43.6. The summed E-state index contributed by atoms with van der Waals surface area (Å²) in [5.41, 5.74) is 0. The Kier molecular flexibility index (Phi) is 63.6. The number of esters is 2. The second-order valence-corrected chi connectivity index (χ2v) is 23.3. The summed E-state index contributed by atoms with van der Waals surface area (Å²) in [6.45, 7) is 4.44. The van der Waals surface area contributed by atoms with Crippen molar-refractivity contribution in [1.29, 1.82) is 0 Å². The van der Waals surface area contributed by atoms with Crippen molar-refractivity contribution in [1.82, 2.24) is 0 Å². The highest BCUT2D eigenvalue weighted by Gasteiger charge is 2.22. The van der Waals surface area contributed by atoms with Crippen molar-refractivity contribution in [3.8, 4) is 0 Å². The first kappa shape index (κ1) is 83.1. The zero-order chi connectivity index (χ0) is 64.7. The van der Waals surface area contributed by atoms with Gasteiger partial charge in [0, 0.05) is 12.8 Å². The molecule has 0 fully saturated rings. The summed E-state index contributed by atoms with van der Waals surface area (Å²) in [7, 11) is 5.90. The largest absolute Gasteiger partial charge is 0.545 e. The summed E-state index contributed by atoms with van der Waals surface area (Å²) in [4.78, 5) is 37.5. The molecule has 9 heteroatoms. The molecular formula is C80H125NO8. The number of nitrogens with zero attached hydrogens (tertiary/aromatic N) is 1. The van der Waals surface area contributed by atoms with Gasteiger partial charge in [-0.1, -0.05) is 272 Å². The second-order valence-electron chi connectivity index (χ2n) is 23.3. The van der Waals surface area contributed by atoms with Crippen molar-refractivity contribution in [3.05, 3.63) is 194 Å². The Hall–Kier alpha value is -5.87. The number of allylic oxidation sites excluding steroid dienone is 32. The summed E-state index contributed by atoms with van der Waals surface area (Å²) < 4.78 is 22.7. The number of aliphatic carboxylic acids is 1. The van der Waals surface area contributed by atoms with Crippen LogP contribution in [0.1, 0.15) is 232 Å². The number of ether oxygens (including phenoxy) is 4. The standard InChI is InChI=1S/C80H125NO8/c1-6-8-10-12-14-16-18-20-22-24-26-28-30-32-34-36-38-39-41-43-45-47-49-51-53-55-57-59-61-63-65-67-69-71-78(83)89-76(75-88-80(79(84)85)86-73-72-81(3,4)5)74-87-77(82)70-68-66-64-62-60-58-56-54-52-50-48-46-44-42-40-37-35-33-31-29-27-25-23-21-19-17-15-13-11-9-7-2/h8-11,14-17,20-23,26-29,32-35,38-40,42-43,45,49,51,55,57,61,63,76,80H,6-7,12-13,18-19,24-25,30-31,36-37,41,44,46-48,50,52-54,56,58-60,62,64-75H2,1-5H3/b10-8-,11-9-,16-14-,17-15-,22-20-,23-21-,28-26-,29-27-,34-32-,35-33-,39-38-,42-40-,45-43-,51-49-,57-55-,63-61-. The minimum atomic E-state index is -1.65. The molecule has 0 spiro atoms. The van der Waals surface area contributed by atoms with Crippen LogP contribution in [-0.4, -0.2) is 82.3 Å². The normalized spacial score (nSPS) is 13.9. The lowest BCUT2D eigenvalue weighted by molar-refractivity contribution is -0.870. The molecule has 0 aliphatic carbocycles. The van der Waals surface area contributed by atoms with E-state index in [1.165, 1.54) is 57.8 Å². The van der Waals surface area contributed by atoms with Crippen molar-refractivity contribution < 1.29 is 42.9 Å². The predicted molar refractivity (Wildman–Crippen MR) is 379 cm³/mol. The summed E-state index contributed by atoms with van der Waals surface area (Å²) >= 11 is 0. The second kappa shape index (κ2) is 68.0. The lowest BCUT2D eigenvalue weighted by Gasteiger charge is -2.26. The molecule has 9 nitrogen and oxygen atoms in total. The highest BCUT2D eigenvalue weighted by Crippen LogP contribution is 2.15. The Bertz CT molecular complexity index is 2160. The topological polar surface area (TPSA) is 111 Å². The molecule has 0 aromatic heterocycles. The summed E-state index contributed by atoms with van der Waals surface area (Å²) in [5, 5.41) is 11.8. The van der Waals surface area contributed by atoms with Gasteiger partial charge >= 0.3 is 11.9 Å². The van der Waals surface area contributed by atoms with Gasteiger partial charge in [-0.3, -0.25) is 9.59 Å². The number of carboxylic acids is 1. The molecule has 0 aliphatic rings. The summed E-state index contributed by atoms with van der Waals surface area (Å²) in [6, 6.07) is 0. The molecule has 0 aliphatic heterocycles. The van der Waals surface area contributed by atoms with Gasteiger partial charge in [-0.25, -0.2) is 0 Å². The average Bonchev–Trinajstić information content (AvgIpc) is 3.64. The van der Waals surface area contributed by atoms with E-state index in [-0.39, 0.29) is 38.6 Å². The molecule has 0 aromatic carbocycles. The Morgan fingerprint density at radius 2 is 0.607 bits per heavy atom. The highest BCUT2D eigenvalue weighted by molar-refractivity contribution is 5.70. The molecule has 0 N–H and O–H groups in total. The fraction of sp³-hybridized carbons (Fsp3) is 0.562. The van der Waals surface area contributed by atoms with Gasteiger partial charge in [-0.2, -0.15) is 0 Å². The number of rotatable bonds is 61. The van der Waals surface area contributed by atoms with E-state index < -0.39 is 24.3 Å². The van der Waals surface area contributed by atoms with E-state index >= 15 is 0 Å². The van der Waals surface area contributed by atoms with Gasteiger partial charge in [0.15, 0.2) is 12.4 Å². The first-order valence-electron chi connectivity index (χ1n) is 34.6. The molecule has 498 valence electrons. The van der Waals surface area contributed by atoms with Gasteiger partial charge in [0.2, 0.25) is 0 Å². The van der Waals surface area contributed by atoms with Crippen LogP contribution in [0, 0.1) is 0 Å². The van der Waals surface area contributed by atoms with Gasteiger partial charge in [0.05, 0.1) is 40.3 Å². The lowest BCUT2D eigenvalue weighted by atomic mass is 10.0. The quantitative estimate of drug-likeness (QED) is 0.0195. The molecule has 0 saturated heterocycles. The molecule has 0 radical (unpaired) electrons. The number of carbonyl (C=O) groups excluding carboxylic acids is 3. The number of unbranched alkanes of at least 4 members (excludes halogenated alkanes) is 14. The smallest absolute Gasteiger partial charge is 0.306 e. The van der Waals surface area contributed by atoms with Crippen molar-refractivity contribution in [2.45, 2.75) is 245 Å². The highest BCUT2D eigenvalue weighted by atomic mass is 16.7. The monoisotopic (exact) mass is 1230 g/mol. The van der Waals surface area contributed by atoms with Crippen LogP contribution in [0.2, 0.25) is 0 Å². The molecule has 0 aromatic rings. The molecule has 89 heavy (non-hydrogen) atoms. The molecule has 0 bridgehead atoms. The Balaban J connectivity index is 4.29. The molecule has 0 amide bonds. The van der Waals surface area contributed by atoms with Gasteiger partial charge in [0.25, 0.3) is 0 Å². The molecule has 2 atom stereocenters. The summed E-state index contributed by atoms with van der Waals surface area (Å²) in [6.07, 6.45) is 102. The molecule has 0 rings (SSSR count). The maximum Gasteiger partial charge on any atom is 0.306 e. The molecule has 0 heterocycles. The zero-order valence-electron chi connectivity index (χ0n) is 56.7. The van der Waals surface area contributed by atoms with Crippen molar-refractivity contribution >= 4 is 17.9 Å². The van der Waals surface area contributed by atoms with E-state index in [0.717, 1.165) is 141 Å². The number of carbonyl (C=O) groups is 3. The summed E-state index contributed by atoms with van der Waals surface area (Å²) in [5.74, 6) is -2.37. The number of likely N-dealkylation sites (N-methyl/N-ethyl adjacent to an activating group) is 1. The van der Waals surface area contributed by atoms with Crippen molar-refractivity contribution in [3.63, 3.8) is 0 Å². The number of quaternary nitrogens is 1. The third kappa shape index (κ3) is 69.5. The van der Waals surface area contributed by atoms with Crippen LogP contribution in [0.25, 0.3) is 0 Å². The van der Waals surface area contributed by atoms with E-state index in [4.69, 9.17) is 18.9 Å². The first-order valence-corrected chi connectivity index (χ1v) is 34.6. The molecular weight excluding hydrogens is 1100 g/mol. The molecule has 0 saturated carbocycles. The fourth-order valence-electron chi connectivity index (χ4n) is 8.63. The maximum atomic E-state index is 12.9. The minimum absolute atomic E-state index is 0.128. The van der Waals surface area contributed by atoms with Crippen LogP contribution in [0.4, 0.5) is 0 Å². The fourth-order valence-corrected chi connectivity index (χ4v) is 8.63. The van der Waals surface area contributed by atoms with Crippen LogP contribution in [0.5, 0.6) is 0 Å². The SMILES string of the molecule is CC/C=C\C/C=C\C/C=C\C/C=C\C/C=C\C/C=C\C/C=C\C/C=C\C/C=C\C/C=C\CCCCC(=O)OC(COC(=O)CCCCCCCCCCCCCC/C=C\C/C=C\C/C=C\C/C=C\C/C=C\C/C=C\CC)COC(OCC[N+](C)(C)C)C(=O)[O-]. The van der Waals surface area contributed by atoms with Crippen LogP contribution < -0.4 is 5.11 Å². The van der Waals surface area contributed by atoms with E-state index in [2.05, 4.69) is 208 Å².